The summed E-state index contributed by atoms with van der Waals surface area (Å²) in [7, 11) is 0. The average Bonchev–Trinajstić information content (AvgIpc) is 3.86. The van der Waals surface area contributed by atoms with Gasteiger partial charge < -0.3 is 31.2 Å². The lowest BCUT2D eigenvalue weighted by Crippen LogP contribution is -2.68. The molecule has 2 aliphatic rings. The lowest BCUT2D eigenvalue weighted by atomic mass is 9.73. The van der Waals surface area contributed by atoms with Crippen molar-refractivity contribution >= 4 is 29.4 Å². The fourth-order valence-electron chi connectivity index (χ4n) is 6.93. The molecule has 2 fully saturated rings. The Morgan fingerprint density at radius 3 is 1.98 bits per heavy atom. The molecule has 0 aliphatic carbocycles. The van der Waals surface area contributed by atoms with Crippen molar-refractivity contribution in [1.82, 2.24) is 20.9 Å². The lowest BCUT2D eigenvalue weighted by Gasteiger charge is -2.41. The number of benzene rings is 2. The van der Waals surface area contributed by atoms with Gasteiger partial charge in [-0.05, 0) is 62.0 Å². The van der Waals surface area contributed by atoms with Crippen molar-refractivity contribution in [1.29, 1.82) is 0 Å². The molecule has 0 spiro atoms. The molecule has 2 aromatic rings. The van der Waals surface area contributed by atoms with Crippen LogP contribution in [0, 0.1) is 17.8 Å². The number of ether oxygens (including phenoxy) is 2. The maximum Gasteiger partial charge on any atom is 0.244 e. The monoisotopic (exact) mass is 719 g/mol. The van der Waals surface area contributed by atoms with E-state index in [1.807, 2.05) is 93.3 Å². The average molecular weight is 720 g/mol. The molecule has 4 amide bonds. The van der Waals surface area contributed by atoms with Gasteiger partial charge in [0.15, 0.2) is 5.78 Å². The van der Waals surface area contributed by atoms with E-state index in [0.29, 0.717) is 39.1 Å². The summed E-state index contributed by atoms with van der Waals surface area (Å²) in [6.07, 6.45) is 1.16. The van der Waals surface area contributed by atoms with Gasteiger partial charge in [0.1, 0.15) is 17.2 Å². The highest BCUT2D eigenvalue weighted by Crippen LogP contribution is 2.33. The number of Topliss-reactive ketones (excluding diaryl/α,β-unsaturated/α-hetero) is 1. The number of nitrogens with two attached hydrogens (primary N) is 1. The highest BCUT2D eigenvalue weighted by atomic mass is 16.6. The maximum atomic E-state index is 14.6. The molecular weight excluding hydrogens is 662 g/mol. The molecular formula is C40H57N5O7. The number of aryl methyl sites for hydroxylation is 1. The Morgan fingerprint density at radius 1 is 0.846 bits per heavy atom. The maximum absolute atomic E-state index is 14.6. The summed E-state index contributed by atoms with van der Waals surface area (Å²) in [6.45, 7) is 11.9. The van der Waals surface area contributed by atoms with Crippen molar-refractivity contribution in [3.05, 3.63) is 71.8 Å². The first-order valence-corrected chi connectivity index (χ1v) is 18.5. The molecule has 5 N–H and O–H groups in total. The van der Waals surface area contributed by atoms with Crippen molar-refractivity contribution in [3.8, 4) is 0 Å². The van der Waals surface area contributed by atoms with Crippen LogP contribution in [0.1, 0.15) is 65.0 Å². The van der Waals surface area contributed by atoms with Gasteiger partial charge in [-0.3, -0.25) is 28.9 Å². The number of rotatable bonds is 20. The first kappa shape index (κ1) is 40.6. The SMILES string of the molecule is CC(C)C[C@H](NC(=O)[C@@H](Cc1ccccc1)C(CC(C)C)(NC(=O)[C@H](CCc1ccccc1)NC(=O)CN1CCOCC1)C(N)=O)C(=O)[C@@]1(C)CO1. The molecule has 52 heavy (non-hydrogen) atoms. The third-order valence-corrected chi connectivity index (χ3v) is 9.84. The normalized spacial score (nSPS) is 20.3. The van der Waals surface area contributed by atoms with E-state index in [2.05, 4.69) is 16.0 Å². The second kappa shape index (κ2) is 18.6. The standard InChI is InChI=1S/C40H57N5O7/c1-27(2)22-33(35(47)39(5)26-52-39)43-36(48)31(23-30-14-10-7-11-15-30)40(38(41)50,24-28(3)4)44-37(49)32(17-16-29-12-8-6-9-13-29)42-34(46)25-45-18-20-51-21-19-45/h6-15,27-28,31-33H,16-26H2,1-5H3,(H2,41,50)(H,42,46)(H,43,48)(H,44,49)/t31-,32+,33+,39-,40?/m1/s1. The van der Waals surface area contributed by atoms with Gasteiger partial charge in [-0.25, -0.2) is 0 Å². The molecule has 12 heteroatoms. The summed E-state index contributed by atoms with van der Waals surface area (Å²) >= 11 is 0. The summed E-state index contributed by atoms with van der Waals surface area (Å²) in [6, 6.07) is 16.9. The van der Waals surface area contributed by atoms with Gasteiger partial charge >= 0.3 is 0 Å². The van der Waals surface area contributed by atoms with Gasteiger partial charge in [0.25, 0.3) is 0 Å². The molecule has 1 unspecified atom stereocenters. The molecule has 2 aromatic carbocycles. The largest absolute Gasteiger partial charge is 0.379 e. The summed E-state index contributed by atoms with van der Waals surface area (Å²) < 4.78 is 10.9. The lowest BCUT2D eigenvalue weighted by molar-refractivity contribution is -0.143. The number of primary amides is 1. The Bertz CT molecular complexity index is 1510. The zero-order valence-corrected chi connectivity index (χ0v) is 31.3. The number of hydrogen-bond acceptors (Lipinski definition) is 8. The predicted octanol–water partition coefficient (Wildman–Crippen LogP) is 2.57. The topological polar surface area (TPSA) is 172 Å². The van der Waals surface area contributed by atoms with E-state index in [9.17, 15) is 24.0 Å². The Morgan fingerprint density at radius 2 is 1.44 bits per heavy atom. The molecule has 5 atom stereocenters. The van der Waals surface area contributed by atoms with Crippen LogP contribution in [-0.2, 0) is 46.3 Å². The number of carbonyl (C=O) groups is 5. The molecule has 4 rings (SSSR count). The first-order chi connectivity index (χ1) is 24.7. The first-order valence-electron chi connectivity index (χ1n) is 18.5. The molecule has 0 bridgehead atoms. The zero-order chi connectivity index (χ0) is 37.9. The molecule has 2 aliphatic heterocycles. The van der Waals surface area contributed by atoms with Crippen LogP contribution in [0.4, 0.5) is 0 Å². The minimum Gasteiger partial charge on any atom is -0.379 e. The quantitative estimate of drug-likeness (QED) is 0.151. The van der Waals surface area contributed by atoms with Gasteiger partial charge in [-0.2, -0.15) is 0 Å². The summed E-state index contributed by atoms with van der Waals surface area (Å²) in [5, 5.41) is 8.84. The van der Waals surface area contributed by atoms with Gasteiger partial charge in [-0.1, -0.05) is 88.4 Å². The highest BCUT2D eigenvalue weighted by Gasteiger charge is 2.53. The third kappa shape index (κ3) is 11.4. The summed E-state index contributed by atoms with van der Waals surface area (Å²) in [5.74, 6) is -3.99. The Balaban J connectivity index is 1.70. The fraction of sp³-hybridized carbons (Fsp3) is 0.575. The summed E-state index contributed by atoms with van der Waals surface area (Å²) in [5.41, 5.74) is 5.13. The van der Waals surface area contributed by atoms with Gasteiger partial charge in [0.05, 0.1) is 38.3 Å². The van der Waals surface area contributed by atoms with E-state index in [1.54, 1.807) is 6.92 Å². The molecule has 12 nitrogen and oxygen atoms in total. The molecule has 2 saturated heterocycles. The summed E-state index contributed by atoms with van der Waals surface area (Å²) in [4.78, 5) is 72.0. The number of hydrogen-bond donors (Lipinski definition) is 4. The number of carbonyl (C=O) groups excluding carboxylic acids is 5. The third-order valence-electron chi connectivity index (χ3n) is 9.84. The number of morpholine rings is 1. The van der Waals surface area contributed by atoms with Crippen LogP contribution >= 0.6 is 0 Å². The number of nitrogens with zero attached hydrogens (tertiary/aromatic N) is 1. The number of nitrogens with one attached hydrogen (secondary N) is 3. The Labute approximate surface area is 307 Å². The van der Waals surface area contributed by atoms with Crippen molar-refractivity contribution in [2.45, 2.75) is 89.9 Å². The predicted molar refractivity (Wildman–Crippen MR) is 198 cm³/mol. The molecule has 0 aromatic heterocycles. The van der Waals surface area contributed by atoms with E-state index in [1.165, 1.54) is 0 Å². The molecule has 0 saturated carbocycles. The number of amides is 4. The van der Waals surface area contributed by atoms with Crippen LogP contribution in [0.3, 0.4) is 0 Å². The second-order valence-electron chi connectivity index (χ2n) is 15.3. The van der Waals surface area contributed by atoms with Gasteiger partial charge in [0, 0.05) is 13.1 Å². The molecule has 0 radical (unpaired) electrons. The van der Waals surface area contributed by atoms with Gasteiger partial charge in [0.2, 0.25) is 23.6 Å². The van der Waals surface area contributed by atoms with E-state index in [4.69, 9.17) is 15.2 Å². The Hall–Kier alpha value is -4.13. The number of ketones is 1. The van der Waals surface area contributed by atoms with Crippen LogP contribution < -0.4 is 21.7 Å². The van der Waals surface area contributed by atoms with Crippen LogP contribution in [0.5, 0.6) is 0 Å². The van der Waals surface area contributed by atoms with E-state index >= 15 is 0 Å². The van der Waals surface area contributed by atoms with Crippen LogP contribution in [0.25, 0.3) is 0 Å². The number of epoxide rings is 1. The van der Waals surface area contributed by atoms with Crippen molar-refractivity contribution in [2.75, 3.05) is 39.5 Å². The van der Waals surface area contributed by atoms with Crippen LogP contribution in [-0.4, -0.2) is 97.0 Å². The fourth-order valence-corrected chi connectivity index (χ4v) is 6.93. The second-order valence-corrected chi connectivity index (χ2v) is 15.3. The van der Waals surface area contributed by atoms with Crippen LogP contribution in [0.15, 0.2) is 60.7 Å². The molecule has 2 heterocycles. The minimum absolute atomic E-state index is 0.0374. The van der Waals surface area contributed by atoms with Crippen molar-refractivity contribution < 1.29 is 33.4 Å². The van der Waals surface area contributed by atoms with Gasteiger partial charge in [-0.15, -0.1) is 0 Å². The van der Waals surface area contributed by atoms with Crippen molar-refractivity contribution in [3.63, 3.8) is 0 Å². The van der Waals surface area contributed by atoms with E-state index in [-0.39, 0.29) is 55.9 Å². The van der Waals surface area contributed by atoms with Crippen molar-refractivity contribution in [2.24, 2.45) is 23.5 Å². The Kier molecular flexibility index (Phi) is 14.5. The smallest absolute Gasteiger partial charge is 0.244 e. The molecule has 284 valence electrons. The van der Waals surface area contributed by atoms with E-state index in [0.717, 1.165) is 11.1 Å². The van der Waals surface area contributed by atoms with Crippen LogP contribution in [0.2, 0.25) is 0 Å². The van der Waals surface area contributed by atoms with E-state index < -0.39 is 46.9 Å². The highest BCUT2D eigenvalue weighted by molar-refractivity contribution is 6.01. The zero-order valence-electron chi connectivity index (χ0n) is 31.3. The minimum atomic E-state index is -1.88.